The first-order chi connectivity index (χ1) is 32.6. The van der Waals surface area contributed by atoms with E-state index in [1.54, 1.807) is 30.3 Å². The zero-order chi connectivity index (χ0) is 51.4. The number of carboxylic acids is 1. The molecule has 380 valence electrons. The molecular formula is C42H63N13O13S. The van der Waals surface area contributed by atoms with E-state index in [1.807, 2.05) is 0 Å². The Bertz CT molecular complexity index is 2070. The van der Waals surface area contributed by atoms with Crippen molar-refractivity contribution in [3.05, 3.63) is 35.9 Å². The minimum Gasteiger partial charge on any atom is -0.481 e. The Morgan fingerprint density at radius 1 is 0.754 bits per heavy atom. The molecule has 1 aromatic carbocycles. The lowest BCUT2D eigenvalue weighted by Crippen LogP contribution is -2.62. The van der Waals surface area contributed by atoms with E-state index in [0.717, 1.165) is 4.90 Å². The third kappa shape index (κ3) is 18.2. The van der Waals surface area contributed by atoms with Crippen LogP contribution in [-0.4, -0.2) is 172 Å². The predicted molar refractivity (Wildman–Crippen MR) is 248 cm³/mol. The Kier molecular flexibility index (Phi) is 22.6. The number of aliphatic imine (C=N–C) groups is 1. The molecule has 9 atom stereocenters. The van der Waals surface area contributed by atoms with Crippen LogP contribution in [-0.2, 0) is 59.2 Å². The molecule has 3 rings (SSSR count). The first kappa shape index (κ1) is 56.3. The lowest BCUT2D eigenvalue weighted by molar-refractivity contribution is -0.144. The number of nitrogens with zero attached hydrogens (tertiary/aromatic N) is 2. The number of nitrogens with one attached hydrogen (secondary N) is 9. The highest BCUT2D eigenvalue weighted by molar-refractivity contribution is 7.80. The molecule has 0 bridgehead atoms. The van der Waals surface area contributed by atoms with Gasteiger partial charge in [-0.15, -0.1) is 0 Å². The van der Waals surface area contributed by atoms with Crippen molar-refractivity contribution in [3.8, 4) is 0 Å². The zero-order valence-corrected chi connectivity index (χ0v) is 39.3. The molecule has 27 heteroatoms. The molecule has 15 N–H and O–H groups in total. The third-order valence-corrected chi connectivity index (χ3v) is 11.3. The van der Waals surface area contributed by atoms with Gasteiger partial charge in [0.2, 0.25) is 59.1 Å². The second kappa shape index (κ2) is 27.7. The van der Waals surface area contributed by atoms with Gasteiger partial charge < -0.3 is 74.4 Å². The fourth-order valence-corrected chi connectivity index (χ4v) is 7.43. The van der Waals surface area contributed by atoms with Crippen LogP contribution in [0.25, 0.3) is 0 Å². The predicted octanol–water partition coefficient (Wildman–Crippen LogP) is -5.87. The van der Waals surface area contributed by atoms with Gasteiger partial charge in [0.25, 0.3) is 0 Å². The molecule has 26 nitrogen and oxygen atoms in total. The summed E-state index contributed by atoms with van der Waals surface area (Å²) in [7, 11) is 0. The summed E-state index contributed by atoms with van der Waals surface area (Å²) in [5, 5.41) is 41.9. The average molecular weight is 990 g/mol. The minimum absolute atomic E-state index is 0.0143. The molecule has 1 unspecified atom stereocenters. The highest BCUT2D eigenvalue weighted by Gasteiger charge is 2.40. The van der Waals surface area contributed by atoms with Crippen molar-refractivity contribution in [1.29, 1.82) is 0 Å². The van der Waals surface area contributed by atoms with Crippen molar-refractivity contribution in [3.63, 3.8) is 0 Å². The van der Waals surface area contributed by atoms with Gasteiger partial charge in [-0.1, -0.05) is 37.3 Å². The number of aliphatic carboxylic acids is 1. The normalized spacial score (nSPS) is 26.2. The van der Waals surface area contributed by atoms with E-state index in [0.29, 0.717) is 5.56 Å². The molecule has 0 aliphatic carbocycles. The first-order valence-corrected chi connectivity index (χ1v) is 22.8. The fourth-order valence-electron chi connectivity index (χ4n) is 7.17. The monoisotopic (exact) mass is 989 g/mol. The number of carboxylic acid groups (broad SMARTS) is 1. The summed E-state index contributed by atoms with van der Waals surface area (Å²) in [5.41, 5.74) is 11.4. The Morgan fingerprint density at radius 2 is 1.35 bits per heavy atom. The Balaban J connectivity index is 2.03. The number of hydrogen-bond donors (Lipinski definition) is 14. The maximum atomic E-state index is 14.2. The highest BCUT2D eigenvalue weighted by atomic mass is 32.1. The van der Waals surface area contributed by atoms with E-state index in [1.165, 1.54) is 20.8 Å². The molecule has 0 spiro atoms. The van der Waals surface area contributed by atoms with Gasteiger partial charge in [-0.25, -0.2) is 0 Å². The number of fused-ring (bicyclic) bond motifs is 1. The molecule has 0 radical (unpaired) electrons. The number of benzene rings is 1. The van der Waals surface area contributed by atoms with Crippen LogP contribution in [0.2, 0.25) is 0 Å². The van der Waals surface area contributed by atoms with E-state index in [9.17, 15) is 63.0 Å². The fraction of sp³-hybridized carbons (Fsp3) is 0.571. The molecular weight excluding hydrogens is 927 g/mol. The molecule has 2 heterocycles. The smallest absolute Gasteiger partial charge is 0.305 e. The van der Waals surface area contributed by atoms with Crippen molar-refractivity contribution in [1.82, 2.24) is 52.8 Å². The van der Waals surface area contributed by atoms with Crippen LogP contribution >= 0.6 is 12.6 Å². The third-order valence-electron chi connectivity index (χ3n) is 10.9. The van der Waals surface area contributed by atoms with E-state index in [-0.39, 0.29) is 63.3 Å². The Morgan fingerprint density at radius 3 is 1.97 bits per heavy atom. The maximum Gasteiger partial charge on any atom is 0.305 e. The van der Waals surface area contributed by atoms with E-state index in [2.05, 4.69) is 65.5 Å². The van der Waals surface area contributed by atoms with Crippen LogP contribution in [0, 0.1) is 0 Å². The van der Waals surface area contributed by atoms with Gasteiger partial charge in [0.05, 0.1) is 25.6 Å². The van der Waals surface area contributed by atoms with Crippen molar-refractivity contribution in [2.24, 2.45) is 16.5 Å². The summed E-state index contributed by atoms with van der Waals surface area (Å²) < 4.78 is 0. The molecule has 2 fully saturated rings. The summed E-state index contributed by atoms with van der Waals surface area (Å²) in [5.74, 6) is -11.2. The summed E-state index contributed by atoms with van der Waals surface area (Å²) in [6, 6.07) is -3.43. The molecule has 2 aliphatic rings. The molecule has 10 amide bonds. The van der Waals surface area contributed by atoms with Gasteiger partial charge in [0.15, 0.2) is 5.96 Å². The summed E-state index contributed by atoms with van der Waals surface area (Å²) in [4.78, 5) is 152. The quantitative estimate of drug-likeness (QED) is 0.0425. The van der Waals surface area contributed by atoms with E-state index < -0.39 is 139 Å². The number of aliphatic hydroxyl groups is 1. The number of nitrogens with two attached hydrogens (primary N) is 2. The van der Waals surface area contributed by atoms with Crippen LogP contribution in [0.1, 0.15) is 64.9 Å². The maximum absolute atomic E-state index is 14.2. The molecule has 2 aliphatic heterocycles. The van der Waals surface area contributed by atoms with Crippen LogP contribution in [0.15, 0.2) is 35.3 Å². The molecule has 2 saturated heterocycles. The van der Waals surface area contributed by atoms with E-state index >= 15 is 0 Å². The van der Waals surface area contributed by atoms with Gasteiger partial charge >= 0.3 is 5.97 Å². The minimum atomic E-state index is -1.81. The van der Waals surface area contributed by atoms with Crippen molar-refractivity contribution >= 4 is 83.6 Å². The number of rotatable bonds is 11. The summed E-state index contributed by atoms with van der Waals surface area (Å²) in [6.07, 6.45) is -2.30. The molecule has 0 aromatic heterocycles. The van der Waals surface area contributed by atoms with Crippen LogP contribution in [0.4, 0.5) is 0 Å². The number of amides is 10. The topological polar surface area (TPSA) is 404 Å². The van der Waals surface area contributed by atoms with Crippen molar-refractivity contribution in [2.45, 2.75) is 120 Å². The average Bonchev–Trinajstić information content (AvgIpc) is 3.80. The van der Waals surface area contributed by atoms with Gasteiger partial charge in [-0.05, 0) is 51.5 Å². The second-order valence-corrected chi connectivity index (χ2v) is 16.7. The van der Waals surface area contributed by atoms with Crippen LogP contribution in [0.3, 0.4) is 0 Å². The SMILES string of the molecule is CCC1NC(=O)[C@H]([C@@H](C)O)NC(=O)[C@H](CS)NC(=O)[C@H](Cc2ccccc2)NC(=O)[C@H](CC(=O)O)NC(=O)[C@@H]2CCCN2C(=O)[C@H](CCCN=C(N)N)NC(=O)[C@H](C)NC(=O)CNC(=O)CNC1=O. The number of carbonyl (C=O) groups excluding carboxylic acids is 10. The van der Waals surface area contributed by atoms with Gasteiger partial charge in [-0.3, -0.25) is 57.7 Å². The van der Waals surface area contributed by atoms with Gasteiger partial charge in [0, 0.05) is 25.3 Å². The van der Waals surface area contributed by atoms with Crippen molar-refractivity contribution in [2.75, 3.05) is 31.9 Å². The number of hydrogen-bond acceptors (Lipinski definition) is 14. The molecule has 1 aromatic rings. The van der Waals surface area contributed by atoms with E-state index in [4.69, 9.17) is 11.5 Å². The number of guanidine groups is 1. The summed E-state index contributed by atoms with van der Waals surface area (Å²) in [6.45, 7) is 2.77. The number of thiol groups is 1. The largest absolute Gasteiger partial charge is 0.481 e. The van der Waals surface area contributed by atoms with Crippen molar-refractivity contribution < 1.29 is 63.0 Å². The Labute approximate surface area is 402 Å². The molecule has 69 heavy (non-hydrogen) atoms. The van der Waals surface area contributed by atoms with Gasteiger partial charge in [-0.2, -0.15) is 12.6 Å². The Hall–Kier alpha value is -7.03. The lowest BCUT2D eigenvalue weighted by atomic mass is 10.0. The first-order valence-electron chi connectivity index (χ1n) is 22.2. The standard InChI is InChI=1S/C42H63N13O13S/c1-4-24-35(62)47-18-30(57)46-19-31(58)48-21(2)34(61)50-25(12-8-14-45-42(43)44)41(68)55-15-9-13-29(55)39(66)52-27(17-32(59)60)37(64)51-26(16-23-10-6-5-7-11-23)36(63)53-28(20-69)38(65)54-33(22(3)56)40(67)49-24/h5-7,10-11,21-22,24-29,33,56,69H,4,8-9,12-20H2,1-3H3,(H,46,57)(H,47,62)(H,48,58)(H,49,67)(H,50,61)(H,51,64)(H,52,66)(H,53,63)(H,54,65)(H,59,60)(H4,43,44,45)/t21-,22+,24?,25-,26-,27-,28-,29-,33-/m0/s1. The van der Waals surface area contributed by atoms with Gasteiger partial charge in [0.1, 0.15) is 48.3 Å². The highest BCUT2D eigenvalue weighted by Crippen LogP contribution is 2.21. The molecule has 0 saturated carbocycles. The van der Waals surface area contributed by atoms with Crippen LogP contribution < -0.4 is 59.3 Å². The number of aliphatic hydroxyl groups excluding tert-OH is 1. The summed E-state index contributed by atoms with van der Waals surface area (Å²) >= 11 is 4.18. The second-order valence-electron chi connectivity index (χ2n) is 16.3. The zero-order valence-electron chi connectivity index (χ0n) is 38.4. The van der Waals surface area contributed by atoms with Crippen LogP contribution in [0.5, 0.6) is 0 Å². The number of carbonyl (C=O) groups is 11. The lowest BCUT2D eigenvalue weighted by Gasteiger charge is -2.30.